The van der Waals surface area contributed by atoms with Gasteiger partial charge in [0.05, 0.1) is 32.1 Å². The van der Waals surface area contributed by atoms with E-state index in [-0.39, 0.29) is 36.9 Å². The van der Waals surface area contributed by atoms with Gasteiger partial charge in [-0.15, -0.1) is 0 Å². The molecule has 0 aromatic heterocycles. The van der Waals surface area contributed by atoms with Crippen LogP contribution in [0.2, 0.25) is 0 Å². The Morgan fingerprint density at radius 2 is 1.69 bits per heavy atom. The second-order valence-electron chi connectivity index (χ2n) is 10.6. The summed E-state index contributed by atoms with van der Waals surface area (Å²) in [5.74, 6) is -0.413. The first-order valence-electron chi connectivity index (χ1n) is 12.6. The van der Waals surface area contributed by atoms with Crippen LogP contribution in [0, 0.1) is 11.8 Å². The van der Waals surface area contributed by atoms with E-state index in [1.54, 1.807) is 9.80 Å². The Hall–Kier alpha value is -2.36. The van der Waals surface area contributed by atoms with E-state index in [1.807, 2.05) is 20.8 Å². The van der Waals surface area contributed by atoms with Crippen LogP contribution in [0.1, 0.15) is 65.7 Å². The molecule has 2 atom stereocenters. The normalized spacial score (nSPS) is 20.2. The van der Waals surface area contributed by atoms with Crippen LogP contribution in [-0.4, -0.2) is 92.3 Å². The van der Waals surface area contributed by atoms with Crippen LogP contribution < -0.4 is 5.32 Å². The van der Waals surface area contributed by atoms with Gasteiger partial charge in [0.15, 0.2) is 0 Å². The van der Waals surface area contributed by atoms with E-state index in [2.05, 4.69) is 5.32 Å². The number of nitrogens with one attached hydrogen (secondary N) is 1. The number of amides is 3. The van der Waals surface area contributed by atoms with E-state index in [0.717, 1.165) is 25.7 Å². The summed E-state index contributed by atoms with van der Waals surface area (Å²) >= 11 is 0. The average molecular weight is 498 g/mol. The van der Waals surface area contributed by atoms with Gasteiger partial charge in [-0.25, -0.2) is 4.79 Å². The molecule has 1 N–H and O–H groups in total. The van der Waals surface area contributed by atoms with Crippen molar-refractivity contribution in [1.82, 2.24) is 15.1 Å². The van der Waals surface area contributed by atoms with Gasteiger partial charge in [-0.05, 0) is 58.8 Å². The second-order valence-corrected chi connectivity index (χ2v) is 10.6. The molecular formula is C25H43N3O7. The number of carbonyl (C=O) groups is 4. The third-order valence-corrected chi connectivity index (χ3v) is 6.53. The maximum absolute atomic E-state index is 12.9. The molecule has 0 saturated carbocycles. The number of carbonyl (C=O) groups excluding carboxylic acids is 4. The van der Waals surface area contributed by atoms with Crippen molar-refractivity contribution in [3.8, 4) is 0 Å². The van der Waals surface area contributed by atoms with Gasteiger partial charge in [-0.1, -0.05) is 0 Å². The lowest BCUT2D eigenvalue weighted by atomic mass is 9.91. The lowest BCUT2D eigenvalue weighted by Crippen LogP contribution is -2.49. The van der Waals surface area contributed by atoms with Gasteiger partial charge >= 0.3 is 12.1 Å². The minimum absolute atomic E-state index is 0.0399. The lowest BCUT2D eigenvalue weighted by Gasteiger charge is -2.35. The highest BCUT2D eigenvalue weighted by molar-refractivity contribution is 5.82. The van der Waals surface area contributed by atoms with Crippen molar-refractivity contribution in [2.24, 2.45) is 11.8 Å². The number of esters is 1. The summed E-state index contributed by atoms with van der Waals surface area (Å²) < 4.78 is 15.2. The lowest BCUT2D eigenvalue weighted by molar-refractivity contribution is -0.141. The molecule has 2 rings (SSSR count). The Bertz CT molecular complexity index is 729. The fourth-order valence-electron chi connectivity index (χ4n) is 4.59. The zero-order valence-electron chi connectivity index (χ0n) is 22.0. The molecule has 0 radical (unpaired) electrons. The Balaban J connectivity index is 1.76. The van der Waals surface area contributed by atoms with Gasteiger partial charge in [-0.2, -0.15) is 0 Å². The molecular weight excluding hydrogens is 454 g/mol. The fourth-order valence-corrected chi connectivity index (χ4v) is 4.59. The summed E-state index contributed by atoms with van der Waals surface area (Å²) in [6.45, 7) is 8.13. The van der Waals surface area contributed by atoms with Crippen molar-refractivity contribution in [3.05, 3.63) is 0 Å². The van der Waals surface area contributed by atoms with Crippen LogP contribution in [0.15, 0.2) is 0 Å². The maximum atomic E-state index is 12.9. The van der Waals surface area contributed by atoms with Crippen molar-refractivity contribution >= 4 is 23.9 Å². The highest BCUT2D eigenvalue weighted by atomic mass is 16.6. The predicted molar refractivity (Wildman–Crippen MR) is 130 cm³/mol. The van der Waals surface area contributed by atoms with Gasteiger partial charge in [0.2, 0.25) is 11.8 Å². The van der Waals surface area contributed by atoms with Gasteiger partial charge in [0, 0.05) is 39.7 Å². The molecule has 0 aromatic carbocycles. The first-order chi connectivity index (χ1) is 16.5. The molecule has 0 spiro atoms. The highest BCUT2D eigenvalue weighted by Crippen LogP contribution is 2.25. The summed E-state index contributed by atoms with van der Waals surface area (Å²) in [5, 5.41) is 2.88. The standard InChI is InChI=1S/C25H43N3O7/c1-25(2,3)35-24(32)27-13-10-18(11-14-27)8-9-21(29)28-12-6-7-19(16-28)23(31)26-20(17-33-4)15-22(30)34-5/h18-20H,6-17H2,1-5H3,(H,26,31)/t19-,20?/m1/s1. The Labute approximate surface area is 209 Å². The van der Waals surface area contributed by atoms with Crippen LogP contribution in [0.4, 0.5) is 4.79 Å². The van der Waals surface area contributed by atoms with Crippen LogP contribution in [0.5, 0.6) is 0 Å². The molecule has 2 aliphatic heterocycles. The molecule has 0 aliphatic carbocycles. The molecule has 0 bridgehead atoms. The zero-order chi connectivity index (χ0) is 26.0. The second kappa shape index (κ2) is 13.7. The van der Waals surface area contributed by atoms with Gasteiger partial charge in [0.1, 0.15) is 5.60 Å². The van der Waals surface area contributed by atoms with Gasteiger partial charge in [0.25, 0.3) is 0 Å². The van der Waals surface area contributed by atoms with Crippen molar-refractivity contribution in [2.75, 3.05) is 47.0 Å². The SMILES string of the molecule is COCC(CC(=O)OC)NC(=O)[C@@H]1CCCN(C(=O)CCC2CCN(C(=O)OC(C)(C)C)CC2)C1. The summed E-state index contributed by atoms with van der Waals surface area (Å²) in [6.07, 6.45) is 4.18. The van der Waals surface area contributed by atoms with Crippen molar-refractivity contribution < 1.29 is 33.4 Å². The van der Waals surface area contributed by atoms with E-state index >= 15 is 0 Å². The predicted octanol–water partition coefficient (Wildman–Crippen LogP) is 2.35. The Kier molecular flexibility index (Phi) is 11.3. The largest absolute Gasteiger partial charge is 0.469 e. The molecule has 2 saturated heterocycles. The molecule has 2 aliphatic rings. The van der Waals surface area contributed by atoms with E-state index in [0.29, 0.717) is 44.9 Å². The summed E-state index contributed by atoms with van der Waals surface area (Å²) in [7, 11) is 2.82. The van der Waals surface area contributed by atoms with E-state index in [1.165, 1.54) is 14.2 Å². The molecule has 200 valence electrons. The minimum atomic E-state index is -0.504. The first kappa shape index (κ1) is 28.9. The number of nitrogens with zero attached hydrogens (tertiary/aromatic N) is 2. The van der Waals surface area contributed by atoms with Crippen molar-refractivity contribution in [1.29, 1.82) is 0 Å². The molecule has 3 amide bonds. The smallest absolute Gasteiger partial charge is 0.410 e. The monoisotopic (exact) mass is 497 g/mol. The zero-order valence-corrected chi connectivity index (χ0v) is 22.0. The number of hydrogen-bond acceptors (Lipinski definition) is 7. The van der Waals surface area contributed by atoms with Crippen LogP contribution in [-0.2, 0) is 28.6 Å². The third-order valence-electron chi connectivity index (χ3n) is 6.53. The van der Waals surface area contributed by atoms with Crippen molar-refractivity contribution in [3.63, 3.8) is 0 Å². The minimum Gasteiger partial charge on any atom is -0.469 e. The van der Waals surface area contributed by atoms with Crippen molar-refractivity contribution in [2.45, 2.75) is 77.4 Å². The van der Waals surface area contributed by atoms with Crippen LogP contribution in [0.25, 0.3) is 0 Å². The van der Waals surface area contributed by atoms with E-state index < -0.39 is 17.6 Å². The number of methoxy groups -OCH3 is 2. The molecule has 2 heterocycles. The van der Waals surface area contributed by atoms with Crippen LogP contribution in [0.3, 0.4) is 0 Å². The van der Waals surface area contributed by atoms with Crippen LogP contribution >= 0.6 is 0 Å². The summed E-state index contributed by atoms with van der Waals surface area (Å²) in [5.41, 5.74) is -0.504. The average Bonchev–Trinajstić information content (AvgIpc) is 2.81. The van der Waals surface area contributed by atoms with Gasteiger partial charge in [-0.3, -0.25) is 14.4 Å². The maximum Gasteiger partial charge on any atom is 0.410 e. The topological polar surface area (TPSA) is 114 Å². The number of piperidine rings is 2. The molecule has 10 nitrogen and oxygen atoms in total. The number of ether oxygens (including phenoxy) is 3. The number of likely N-dealkylation sites (tertiary alicyclic amines) is 2. The third kappa shape index (κ3) is 10.0. The Morgan fingerprint density at radius 1 is 1.00 bits per heavy atom. The van der Waals surface area contributed by atoms with E-state index in [9.17, 15) is 19.2 Å². The summed E-state index contributed by atoms with van der Waals surface area (Å²) in [6, 6.07) is -0.461. The molecule has 10 heteroatoms. The Morgan fingerprint density at radius 3 is 2.29 bits per heavy atom. The molecule has 2 fully saturated rings. The van der Waals surface area contributed by atoms with Gasteiger partial charge < -0.3 is 29.3 Å². The summed E-state index contributed by atoms with van der Waals surface area (Å²) in [4.78, 5) is 53.0. The highest BCUT2D eigenvalue weighted by Gasteiger charge is 2.31. The number of hydrogen-bond donors (Lipinski definition) is 1. The first-order valence-corrected chi connectivity index (χ1v) is 12.6. The number of rotatable bonds is 9. The molecule has 0 aromatic rings. The fraction of sp³-hybridized carbons (Fsp3) is 0.840. The molecule has 1 unspecified atom stereocenters. The van der Waals surface area contributed by atoms with E-state index in [4.69, 9.17) is 14.2 Å². The molecule has 35 heavy (non-hydrogen) atoms. The quantitative estimate of drug-likeness (QED) is 0.486.